The average molecular weight is 1150 g/mol. The monoisotopic (exact) mass is 1150 g/mol. The van der Waals surface area contributed by atoms with E-state index >= 15 is 0 Å². The van der Waals surface area contributed by atoms with Crippen LogP contribution in [0.4, 0.5) is 0 Å². The Kier molecular flexibility index (Phi) is 68.9. The number of hydrogen-bond donors (Lipinski definition) is 3. The smallest absolute Gasteiger partial charge is 0.305 e. The maximum absolute atomic E-state index is 12.4. The molecule has 0 aromatic carbocycles. The molecule has 3 N–H and O–H groups in total. The van der Waals surface area contributed by atoms with Gasteiger partial charge in [-0.05, 0) is 96.3 Å². The molecule has 0 saturated heterocycles. The summed E-state index contributed by atoms with van der Waals surface area (Å²) in [5, 5.41) is 23.1. The second-order valence-electron chi connectivity index (χ2n) is 24.9. The second-order valence-corrected chi connectivity index (χ2v) is 24.9. The topological polar surface area (TPSA) is 95.9 Å². The molecule has 480 valence electrons. The maximum Gasteiger partial charge on any atom is 0.305 e. The van der Waals surface area contributed by atoms with E-state index in [0.29, 0.717) is 19.4 Å². The quantitative estimate of drug-likeness (QED) is 0.0320. The zero-order chi connectivity index (χ0) is 59.2. The van der Waals surface area contributed by atoms with E-state index in [1.807, 2.05) is 6.08 Å². The van der Waals surface area contributed by atoms with Gasteiger partial charge in [0.1, 0.15) is 0 Å². The number of hydrogen-bond acceptors (Lipinski definition) is 5. The van der Waals surface area contributed by atoms with Crippen LogP contribution < -0.4 is 5.32 Å². The van der Waals surface area contributed by atoms with E-state index in [1.165, 1.54) is 302 Å². The van der Waals surface area contributed by atoms with Gasteiger partial charge in [0.2, 0.25) is 5.91 Å². The van der Waals surface area contributed by atoms with E-state index < -0.39 is 12.1 Å². The molecule has 2 unspecified atom stereocenters. The van der Waals surface area contributed by atoms with Crippen LogP contribution in [0.15, 0.2) is 60.8 Å². The van der Waals surface area contributed by atoms with Gasteiger partial charge in [0.15, 0.2) is 0 Å². The minimum absolute atomic E-state index is 0.0127. The van der Waals surface area contributed by atoms with Crippen molar-refractivity contribution in [1.82, 2.24) is 5.32 Å². The summed E-state index contributed by atoms with van der Waals surface area (Å²) in [6.07, 6.45) is 94.7. The Morgan fingerprint density at radius 3 is 0.951 bits per heavy atom. The molecule has 0 spiro atoms. The fourth-order valence-corrected chi connectivity index (χ4v) is 11.2. The summed E-state index contributed by atoms with van der Waals surface area (Å²) >= 11 is 0. The molecule has 0 fully saturated rings. The average Bonchev–Trinajstić information content (AvgIpc) is 3.48. The number of ether oxygens (including phenoxy) is 1. The second kappa shape index (κ2) is 71.0. The molecule has 0 aliphatic rings. The molecule has 6 heteroatoms. The zero-order valence-corrected chi connectivity index (χ0v) is 55.0. The Morgan fingerprint density at radius 2 is 0.610 bits per heavy atom. The van der Waals surface area contributed by atoms with Crippen molar-refractivity contribution >= 4 is 11.9 Å². The summed E-state index contributed by atoms with van der Waals surface area (Å²) in [6, 6.07) is -0.625. The van der Waals surface area contributed by atoms with Gasteiger partial charge >= 0.3 is 5.97 Å². The summed E-state index contributed by atoms with van der Waals surface area (Å²) in [5.41, 5.74) is 0. The number of nitrogens with one attached hydrogen (secondary N) is 1. The number of rotatable bonds is 68. The van der Waals surface area contributed by atoms with E-state index in [2.05, 4.69) is 67.8 Å². The Labute approximate surface area is 511 Å². The van der Waals surface area contributed by atoms with E-state index in [-0.39, 0.29) is 18.5 Å². The van der Waals surface area contributed by atoms with Crippen LogP contribution in [0.3, 0.4) is 0 Å². The first kappa shape index (κ1) is 79.6. The van der Waals surface area contributed by atoms with E-state index in [1.54, 1.807) is 6.08 Å². The van der Waals surface area contributed by atoms with Crippen molar-refractivity contribution in [3.63, 3.8) is 0 Å². The standard InChI is InChI=1S/C76H141NO5/c1-3-5-7-9-11-13-15-16-17-18-36-40-43-46-50-54-58-62-66-70-76(81)82-71-67-63-59-55-51-47-44-41-38-35-33-31-29-27-25-23-21-19-20-22-24-26-28-30-32-34-37-39-42-45-49-53-57-61-65-69-75(80)77-73(72-78)74(79)68-64-60-56-52-48-14-12-10-8-6-4-2/h11,13,16-17,21,23,27,29,64,68,73-74,78-79H,3-10,12,14-15,18-20,22,24-26,28,30-63,65-67,69-72H2,1-2H3,(H,77,80)/b13-11-,17-16-,23-21-,29-27-,68-64+. The Hall–Kier alpha value is -2.44. The molecule has 2 atom stereocenters. The van der Waals surface area contributed by atoms with Gasteiger partial charge in [-0.2, -0.15) is 0 Å². The summed E-state index contributed by atoms with van der Waals surface area (Å²) in [6.45, 7) is 4.88. The molecule has 0 aliphatic heterocycles. The number of amides is 1. The van der Waals surface area contributed by atoms with Gasteiger partial charge < -0.3 is 20.3 Å². The lowest BCUT2D eigenvalue weighted by molar-refractivity contribution is -0.143. The van der Waals surface area contributed by atoms with Crippen molar-refractivity contribution < 1.29 is 24.5 Å². The molecule has 0 rings (SSSR count). The predicted octanol–water partition coefficient (Wildman–Crippen LogP) is 23.8. The highest BCUT2D eigenvalue weighted by atomic mass is 16.5. The van der Waals surface area contributed by atoms with Crippen molar-refractivity contribution in [2.24, 2.45) is 0 Å². The first-order valence-corrected chi connectivity index (χ1v) is 36.6. The van der Waals surface area contributed by atoms with Crippen molar-refractivity contribution in [2.45, 2.75) is 398 Å². The minimum Gasteiger partial charge on any atom is -0.466 e. The maximum atomic E-state index is 12.4. The molecular weight excluding hydrogens is 1010 g/mol. The number of aliphatic hydroxyl groups excluding tert-OH is 2. The molecule has 0 aliphatic carbocycles. The van der Waals surface area contributed by atoms with Gasteiger partial charge in [0.25, 0.3) is 0 Å². The number of aliphatic hydroxyl groups is 2. The first-order valence-electron chi connectivity index (χ1n) is 36.6. The van der Waals surface area contributed by atoms with Crippen LogP contribution in [-0.2, 0) is 14.3 Å². The Morgan fingerprint density at radius 1 is 0.341 bits per heavy atom. The molecular formula is C76H141NO5. The summed E-state index contributed by atoms with van der Waals surface area (Å²) in [7, 11) is 0. The third-order valence-electron chi connectivity index (χ3n) is 16.8. The molecule has 0 saturated carbocycles. The third-order valence-corrected chi connectivity index (χ3v) is 16.8. The van der Waals surface area contributed by atoms with Gasteiger partial charge in [-0.1, -0.05) is 338 Å². The number of carbonyl (C=O) groups excluding carboxylic acids is 2. The SMILES string of the molecule is CCCCC/C=C\C/C=C\CCCCCCCCCCCC(=O)OCCCCCCCCCCCCC/C=C\C/C=C\CCCCCCCCCCCCCCCCCCCC(=O)NC(CO)C(O)/C=C/CCCCCCCCCCC. The summed E-state index contributed by atoms with van der Waals surface area (Å²) in [5.74, 6) is -0.0534. The Balaban J connectivity index is 3.36. The normalized spacial score (nSPS) is 12.9. The summed E-state index contributed by atoms with van der Waals surface area (Å²) in [4.78, 5) is 24.6. The van der Waals surface area contributed by atoms with Gasteiger partial charge in [-0.3, -0.25) is 9.59 Å². The van der Waals surface area contributed by atoms with Crippen molar-refractivity contribution in [2.75, 3.05) is 13.2 Å². The fraction of sp³-hybridized carbons (Fsp3) is 0.842. The lowest BCUT2D eigenvalue weighted by atomic mass is 10.0. The number of unbranched alkanes of at least 4 members (excludes halogenated alkanes) is 49. The molecule has 0 aromatic rings. The lowest BCUT2D eigenvalue weighted by Crippen LogP contribution is -2.45. The van der Waals surface area contributed by atoms with Crippen molar-refractivity contribution in [3.8, 4) is 0 Å². The highest BCUT2D eigenvalue weighted by molar-refractivity contribution is 5.76. The van der Waals surface area contributed by atoms with E-state index in [9.17, 15) is 19.8 Å². The van der Waals surface area contributed by atoms with Gasteiger partial charge in [-0.15, -0.1) is 0 Å². The molecule has 0 heterocycles. The van der Waals surface area contributed by atoms with E-state index in [4.69, 9.17) is 4.74 Å². The van der Waals surface area contributed by atoms with Crippen LogP contribution >= 0.6 is 0 Å². The molecule has 0 radical (unpaired) electrons. The number of carbonyl (C=O) groups is 2. The van der Waals surface area contributed by atoms with Gasteiger partial charge in [0.05, 0.1) is 25.4 Å². The van der Waals surface area contributed by atoms with Crippen LogP contribution in [0.1, 0.15) is 386 Å². The van der Waals surface area contributed by atoms with Gasteiger partial charge in [-0.25, -0.2) is 0 Å². The fourth-order valence-electron chi connectivity index (χ4n) is 11.2. The van der Waals surface area contributed by atoms with Crippen LogP contribution in [-0.4, -0.2) is 47.4 Å². The van der Waals surface area contributed by atoms with E-state index in [0.717, 1.165) is 57.8 Å². The Bertz CT molecular complexity index is 1420. The molecule has 82 heavy (non-hydrogen) atoms. The molecule has 0 bridgehead atoms. The zero-order valence-electron chi connectivity index (χ0n) is 55.0. The number of esters is 1. The number of allylic oxidation sites excluding steroid dienone is 9. The summed E-state index contributed by atoms with van der Waals surface area (Å²) < 4.78 is 5.51. The lowest BCUT2D eigenvalue weighted by Gasteiger charge is -2.20. The van der Waals surface area contributed by atoms with Crippen molar-refractivity contribution in [3.05, 3.63) is 60.8 Å². The predicted molar refractivity (Wildman–Crippen MR) is 361 cm³/mol. The van der Waals surface area contributed by atoms with Crippen LogP contribution in [0, 0.1) is 0 Å². The molecule has 6 nitrogen and oxygen atoms in total. The van der Waals surface area contributed by atoms with Crippen LogP contribution in [0.2, 0.25) is 0 Å². The first-order chi connectivity index (χ1) is 40.5. The molecule has 0 aromatic heterocycles. The van der Waals surface area contributed by atoms with Crippen LogP contribution in [0.5, 0.6) is 0 Å². The third kappa shape index (κ3) is 66.7. The van der Waals surface area contributed by atoms with Gasteiger partial charge in [0, 0.05) is 12.8 Å². The van der Waals surface area contributed by atoms with Crippen molar-refractivity contribution in [1.29, 1.82) is 0 Å². The largest absolute Gasteiger partial charge is 0.466 e. The minimum atomic E-state index is -0.842. The molecule has 1 amide bonds. The van der Waals surface area contributed by atoms with Crippen LogP contribution in [0.25, 0.3) is 0 Å². The highest BCUT2D eigenvalue weighted by Crippen LogP contribution is 2.18. The highest BCUT2D eigenvalue weighted by Gasteiger charge is 2.18.